The van der Waals surface area contributed by atoms with Gasteiger partial charge in [-0.25, -0.2) is 14.0 Å². The van der Waals surface area contributed by atoms with Gasteiger partial charge in [-0.1, -0.05) is 25.0 Å². The quantitative estimate of drug-likeness (QED) is 0.551. The maximum atomic E-state index is 13.2. The fourth-order valence-corrected chi connectivity index (χ4v) is 2.72. The van der Waals surface area contributed by atoms with Crippen LogP contribution in [0.5, 0.6) is 0 Å². The van der Waals surface area contributed by atoms with Gasteiger partial charge in [0.05, 0.1) is 31.1 Å². The van der Waals surface area contributed by atoms with E-state index in [1.807, 2.05) is 11.8 Å². The van der Waals surface area contributed by atoms with Gasteiger partial charge in [0.15, 0.2) is 0 Å². The Morgan fingerprint density at radius 2 is 1.71 bits per heavy atom. The molecule has 0 unspecified atom stereocenters. The maximum absolute atomic E-state index is 13.2. The van der Waals surface area contributed by atoms with Crippen molar-refractivity contribution in [3.63, 3.8) is 0 Å². The van der Waals surface area contributed by atoms with Gasteiger partial charge in [0.2, 0.25) is 0 Å². The second-order valence-corrected chi connectivity index (χ2v) is 6.52. The maximum Gasteiger partial charge on any atom is 0.411 e. The second kappa shape index (κ2) is 12.1. The molecular formula is C23H26FN3O4. The molecule has 0 spiro atoms. The highest BCUT2D eigenvalue weighted by atomic mass is 19.1. The summed E-state index contributed by atoms with van der Waals surface area (Å²) >= 11 is 0. The number of terminal acetylenes is 1. The van der Waals surface area contributed by atoms with E-state index in [0.29, 0.717) is 30.0 Å². The van der Waals surface area contributed by atoms with Gasteiger partial charge in [-0.15, -0.1) is 6.42 Å². The van der Waals surface area contributed by atoms with Crippen LogP contribution >= 0.6 is 0 Å². The van der Waals surface area contributed by atoms with Crippen molar-refractivity contribution in [2.24, 2.45) is 0 Å². The van der Waals surface area contributed by atoms with Gasteiger partial charge in [-0.2, -0.15) is 0 Å². The molecule has 0 aliphatic rings. The van der Waals surface area contributed by atoms with Crippen molar-refractivity contribution in [1.82, 2.24) is 0 Å². The first-order valence-corrected chi connectivity index (χ1v) is 9.91. The summed E-state index contributed by atoms with van der Waals surface area (Å²) in [5.41, 5.74) is 2.23. The Labute approximate surface area is 181 Å². The summed E-state index contributed by atoms with van der Waals surface area (Å²) in [5, 5.41) is 5.24. The van der Waals surface area contributed by atoms with Gasteiger partial charge in [0.1, 0.15) is 5.82 Å². The van der Waals surface area contributed by atoms with E-state index in [-0.39, 0.29) is 25.6 Å². The zero-order valence-electron chi connectivity index (χ0n) is 17.6. The highest BCUT2D eigenvalue weighted by molar-refractivity contribution is 5.96. The summed E-state index contributed by atoms with van der Waals surface area (Å²) in [6.07, 6.45) is 4.92. The molecule has 2 aromatic carbocycles. The standard InChI is InChI=1S/C23H26FN3O4/c1-4-13-27(16-17-7-9-18(24)10-8-17)19-11-12-20(25-22(28)30-6-3)21(15-19)26-23(29)31-14-5-2/h1,7-12,15H,5-6,13-14,16H2,2-3H3,(H,25,28)(H,26,29). The lowest BCUT2D eigenvalue weighted by Crippen LogP contribution is -2.24. The normalized spacial score (nSPS) is 10.0. The smallest absolute Gasteiger partial charge is 0.411 e. The highest BCUT2D eigenvalue weighted by Crippen LogP contribution is 2.29. The van der Waals surface area contributed by atoms with Crippen LogP contribution in [-0.4, -0.2) is 31.9 Å². The molecule has 7 nitrogen and oxygen atoms in total. The first-order valence-electron chi connectivity index (χ1n) is 9.91. The number of carbonyl (C=O) groups is 2. The SMILES string of the molecule is C#CCN(Cc1ccc(F)cc1)c1ccc(NC(=O)OCC)c(NC(=O)OCCC)c1. The summed E-state index contributed by atoms with van der Waals surface area (Å²) in [7, 11) is 0. The number of anilines is 3. The van der Waals surface area contributed by atoms with Crippen molar-refractivity contribution in [2.45, 2.75) is 26.8 Å². The third-order valence-electron chi connectivity index (χ3n) is 4.12. The molecule has 2 N–H and O–H groups in total. The lowest BCUT2D eigenvalue weighted by atomic mass is 10.1. The summed E-state index contributed by atoms with van der Waals surface area (Å²) in [5.74, 6) is 2.28. The number of hydrogen-bond acceptors (Lipinski definition) is 5. The van der Waals surface area contributed by atoms with E-state index in [9.17, 15) is 14.0 Å². The predicted octanol–water partition coefficient (Wildman–Crippen LogP) is 4.99. The molecule has 2 amide bonds. The summed E-state index contributed by atoms with van der Waals surface area (Å²) in [6.45, 7) is 4.75. The summed E-state index contributed by atoms with van der Waals surface area (Å²) in [6, 6.07) is 11.2. The molecule has 31 heavy (non-hydrogen) atoms. The average molecular weight is 427 g/mol. The summed E-state index contributed by atoms with van der Waals surface area (Å²) < 4.78 is 23.2. The molecule has 0 heterocycles. The van der Waals surface area contributed by atoms with Crippen LogP contribution in [-0.2, 0) is 16.0 Å². The Morgan fingerprint density at radius 3 is 2.35 bits per heavy atom. The van der Waals surface area contributed by atoms with Gasteiger partial charge >= 0.3 is 12.2 Å². The van der Waals surface area contributed by atoms with Crippen molar-refractivity contribution in [3.8, 4) is 12.3 Å². The molecule has 0 aliphatic heterocycles. The number of halogens is 1. The lowest BCUT2D eigenvalue weighted by molar-refractivity contribution is 0.161. The van der Waals surface area contributed by atoms with E-state index in [2.05, 4.69) is 16.6 Å². The molecule has 0 saturated heterocycles. The van der Waals surface area contributed by atoms with E-state index in [0.717, 1.165) is 5.56 Å². The number of amides is 2. The fraction of sp³-hybridized carbons (Fsp3) is 0.304. The van der Waals surface area contributed by atoms with Gasteiger partial charge in [0, 0.05) is 12.2 Å². The van der Waals surface area contributed by atoms with Crippen molar-refractivity contribution >= 4 is 29.2 Å². The molecule has 0 fully saturated rings. The zero-order chi connectivity index (χ0) is 22.6. The average Bonchev–Trinajstić information content (AvgIpc) is 2.75. The van der Waals surface area contributed by atoms with Crippen molar-refractivity contribution in [2.75, 3.05) is 35.3 Å². The van der Waals surface area contributed by atoms with E-state index < -0.39 is 12.2 Å². The largest absolute Gasteiger partial charge is 0.450 e. The van der Waals surface area contributed by atoms with Crippen LogP contribution in [0.3, 0.4) is 0 Å². The number of nitrogens with zero attached hydrogens (tertiary/aromatic N) is 1. The molecule has 8 heteroatoms. The number of rotatable bonds is 9. The molecule has 0 atom stereocenters. The van der Waals surface area contributed by atoms with E-state index >= 15 is 0 Å². The van der Waals surface area contributed by atoms with Gasteiger partial charge in [-0.3, -0.25) is 10.6 Å². The third kappa shape index (κ3) is 7.55. The third-order valence-corrected chi connectivity index (χ3v) is 4.12. The molecule has 0 radical (unpaired) electrons. The highest BCUT2D eigenvalue weighted by Gasteiger charge is 2.15. The number of carbonyl (C=O) groups excluding carboxylic acids is 2. The van der Waals surface area contributed by atoms with Crippen LogP contribution in [0.1, 0.15) is 25.8 Å². The number of nitrogens with one attached hydrogen (secondary N) is 2. The minimum Gasteiger partial charge on any atom is -0.450 e. The van der Waals surface area contributed by atoms with Crippen LogP contribution in [0.25, 0.3) is 0 Å². The van der Waals surface area contributed by atoms with Crippen LogP contribution in [0.4, 0.5) is 31.0 Å². The van der Waals surface area contributed by atoms with Gasteiger partial charge in [0.25, 0.3) is 0 Å². The molecule has 2 aromatic rings. The van der Waals surface area contributed by atoms with Gasteiger partial charge in [-0.05, 0) is 49.2 Å². The number of benzene rings is 2. The molecule has 164 valence electrons. The van der Waals surface area contributed by atoms with Crippen LogP contribution in [0.15, 0.2) is 42.5 Å². The van der Waals surface area contributed by atoms with Crippen LogP contribution < -0.4 is 15.5 Å². The molecule has 2 rings (SSSR count). The molecule has 0 bridgehead atoms. The van der Waals surface area contributed by atoms with Crippen LogP contribution in [0.2, 0.25) is 0 Å². The summed E-state index contributed by atoms with van der Waals surface area (Å²) in [4.78, 5) is 25.9. The molecular weight excluding hydrogens is 401 g/mol. The van der Waals surface area contributed by atoms with Crippen molar-refractivity contribution in [1.29, 1.82) is 0 Å². The first kappa shape index (κ1) is 23.5. The lowest BCUT2D eigenvalue weighted by Gasteiger charge is -2.24. The Kier molecular flexibility index (Phi) is 9.17. The fourth-order valence-electron chi connectivity index (χ4n) is 2.72. The topological polar surface area (TPSA) is 79.9 Å². The van der Waals surface area contributed by atoms with Gasteiger partial charge < -0.3 is 14.4 Å². The Hall–Kier alpha value is -3.73. The predicted molar refractivity (Wildman–Crippen MR) is 119 cm³/mol. The first-order chi connectivity index (χ1) is 15.0. The number of hydrogen-bond donors (Lipinski definition) is 2. The van der Waals surface area contributed by atoms with E-state index in [1.54, 1.807) is 37.3 Å². The Balaban J connectivity index is 2.32. The Bertz CT molecular complexity index is 925. The number of ether oxygens (including phenoxy) is 2. The Morgan fingerprint density at radius 1 is 1.03 bits per heavy atom. The second-order valence-electron chi connectivity index (χ2n) is 6.52. The van der Waals surface area contributed by atoms with E-state index in [4.69, 9.17) is 15.9 Å². The minimum absolute atomic E-state index is 0.207. The monoisotopic (exact) mass is 427 g/mol. The minimum atomic E-state index is -0.646. The van der Waals surface area contributed by atoms with E-state index in [1.165, 1.54) is 12.1 Å². The molecule has 0 aliphatic carbocycles. The molecule has 0 aromatic heterocycles. The molecule has 0 saturated carbocycles. The van der Waals surface area contributed by atoms with Crippen LogP contribution in [0, 0.1) is 18.2 Å². The zero-order valence-corrected chi connectivity index (χ0v) is 17.6. The van der Waals surface area contributed by atoms with Crippen molar-refractivity contribution in [3.05, 3.63) is 53.8 Å². The van der Waals surface area contributed by atoms with Crippen molar-refractivity contribution < 1.29 is 23.5 Å².